The molecular weight excluding hydrogens is 224 g/mol. The Kier molecular flexibility index (Phi) is 5.79. The zero-order valence-corrected chi connectivity index (χ0v) is 10.9. The topological polar surface area (TPSA) is 63.0 Å². The summed E-state index contributed by atoms with van der Waals surface area (Å²) in [4.78, 5) is 0. The fourth-order valence-corrected chi connectivity index (χ4v) is 2.07. The van der Waals surface area contributed by atoms with Crippen LogP contribution in [-0.2, 0) is 7.05 Å². The van der Waals surface area contributed by atoms with Crippen LogP contribution >= 0.6 is 11.8 Å². The monoisotopic (exact) mass is 244 g/mol. The second-order valence-electron chi connectivity index (χ2n) is 3.76. The van der Waals surface area contributed by atoms with E-state index in [9.17, 15) is 5.11 Å². The summed E-state index contributed by atoms with van der Waals surface area (Å²) in [7, 11) is 1.93. The van der Waals surface area contributed by atoms with E-state index < -0.39 is 0 Å². The molecular formula is C10H20N4OS. The van der Waals surface area contributed by atoms with Crippen LogP contribution in [-0.4, -0.2) is 44.8 Å². The molecule has 0 radical (unpaired) electrons. The quantitative estimate of drug-likeness (QED) is 0.542. The maximum Gasteiger partial charge on any atom is 0.191 e. The van der Waals surface area contributed by atoms with Gasteiger partial charge in [-0.2, -0.15) is 0 Å². The van der Waals surface area contributed by atoms with Crippen LogP contribution in [0.15, 0.2) is 5.16 Å². The van der Waals surface area contributed by atoms with Gasteiger partial charge in [0.25, 0.3) is 0 Å². The highest BCUT2D eigenvalue weighted by Gasteiger charge is 2.09. The van der Waals surface area contributed by atoms with E-state index in [0.717, 1.165) is 23.9 Å². The molecule has 2 N–H and O–H groups in total. The summed E-state index contributed by atoms with van der Waals surface area (Å²) in [5, 5.41) is 21.7. The fraction of sp³-hybridized carbons (Fsp3) is 0.800. The lowest BCUT2D eigenvalue weighted by atomic mass is 10.4. The van der Waals surface area contributed by atoms with E-state index in [4.69, 9.17) is 0 Å². The van der Waals surface area contributed by atoms with Gasteiger partial charge in [0.1, 0.15) is 5.82 Å². The molecule has 5 nitrogen and oxygen atoms in total. The molecule has 0 aromatic carbocycles. The van der Waals surface area contributed by atoms with E-state index in [-0.39, 0.29) is 6.10 Å². The van der Waals surface area contributed by atoms with E-state index in [1.165, 1.54) is 11.8 Å². The second kappa shape index (κ2) is 6.88. The van der Waals surface area contributed by atoms with Gasteiger partial charge in [0.2, 0.25) is 0 Å². The molecule has 1 aromatic rings. The molecule has 0 amide bonds. The van der Waals surface area contributed by atoms with Crippen molar-refractivity contribution in [3.8, 4) is 0 Å². The molecule has 0 fully saturated rings. The highest BCUT2D eigenvalue weighted by Crippen LogP contribution is 2.15. The van der Waals surface area contributed by atoms with Crippen molar-refractivity contribution in [1.82, 2.24) is 20.1 Å². The van der Waals surface area contributed by atoms with Crippen molar-refractivity contribution in [2.24, 2.45) is 7.05 Å². The van der Waals surface area contributed by atoms with Gasteiger partial charge in [-0.1, -0.05) is 18.7 Å². The average Bonchev–Trinajstić information content (AvgIpc) is 2.58. The summed E-state index contributed by atoms with van der Waals surface area (Å²) < 4.78 is 1.93. The maximum absolute atomic E-state index is 9.69. The smallest absolute Gasteiger partial charge is 0.191 e. The Bertz CT molecular complexity index is 316. The molecule has 0 spiro atoms. The number of hydrogen-bond acceptors (Lipinski definition) is 5. The first kappa shape index (κ1) is 13.5. The van der Waals surface area contributed by atoms with E-state index in [1.807, 2.05) is 18.5 Å². The minimum atomic E-state index is -0.339. The summed E-state index contributed by atoms with van der Waals surface area (Å²) in [5.41, 5.74) is 0. The van der Waals surface area contributed by atoms with Crippen molar-refractivity contribution in [3.05, 3.63) is 5.82 Å². The number of nitrogens with one attached hydrogen (secondary N) is 1. The lowest BCUT2D eigenvalue weighted by molar-refractivity contribution is 0.196. The third-order valence-electron chi connectivity index (χ3n) is 2.26. The molecule has 1 aromatic heterocycles. The third kappa shape index (κ3) is 4.11. The molecule has 0 aliphatic heterocycles. The summed E-state index contributed by atoms with van der Waals surface area (Å²) in [6.45, 7) is 5.61. The average molecular weight is 244 g/mol. The Morgan fingerprint density at radius 2 is 2.25 bits per heavy atom. The van der Waals surface area contributed by atoms with Crippen molar-refractivity contribution < 1.29 is 5.11 Å². The highest BCUT2D eigenvalue weighted by molar-refractivity contribution is 7.99. The van der Waals surface area contributed by atoms with Gasteiger partial charge in [-0.05, 0) is 19.9 Å². The van der Waals surface area contributed by atoms with Crippen LogP contribution in [0.4, 0.5) is 0 Å². The van der Waals surface area contributed by atoms with Crippen LogP contribution in [0.1, 0.15) is 19.2 Å². The Morgan fingerprint density at radius 3 is 2.81 bits per heavy atom. The van der Waals surface area contributed by atoms with Crippen LogP contribution < -0.4 is 5.32 Å². The Balaban J connectivity index is 2.26. The van der Waals surface area contributed by atoms with Crippen molar-refractivity contribution >= 4 is 11.8 Å². The Labute approximate surface area is 101 Å². The van der Waals surface area contributed by atoms with Gasteiger partial charge in [-0.3, -0.25) is 0 Å². The molecule has 0 aliphatic rings. The summed E-state index contributed by atoms with van der Waals surface area (Å²) in [6.07, 6.45) is 0.746. The number of aliphatic hydroxyl groups excluding tert-OH is 1. The van der Waals surface area contributed by atoms with Crippen molar-refractivity contribution in [1.29, 1.82) is 0 Å². The van der Waals surface area contributed by atoms with Crippen LogP contribution in [0, 0.1) is 6.92 Å². The lowest BCUT2D eigenvalue weighted by Gasteiger charge is -2.10. The predicted molar refractivity (Wildman–Crippen MR) is 65.6 cm³/mol. The first-order chi connectivity index (χ1) is 7.65. The largest absolute Gasteiger partial charge is 0.391 e. The van der Waals surface area contributed by atoms with Gasteiger partial charge in [0, 0.05) is 19.3 Å². The van der Waals surface area contributed by atoms with E-state index in [0.29, 0.717) is 12.3 Å². The molecule has 1 rings (SSSR count). The van der Waals surface area contributed by atoms with Gasteiger partial charge >= 0.3 is 0 Å². The molecule has 1 atom stereocenters. The van der Waals surface area contributed by atoms with Crippen molar-refractivity contribution in [3.63, 3.8) is 0 Å². The molecule has 92 valence electrons. The second-order valence-corrected chi connectivity index (χ2v) is 4.74. The SMILES string of the molecule is CCCNCC(O)CSc1nnc(C)n1C. The third-order valence-corrected chi connectivity index (χ3v) is 3.43. The minimum absolute atomic E-state index is 0.339. The van der Waals surface area contributed by atoms with Crippen LogP contribution in [0.25, 0.3) is 0 Å². The van der Waals surface area contributed by atoms with Crippen LogP contribution in [0.2, 0.25) is 0 Å². The van der Waals surface area contributed by atoms with Crippen molar-refractivity contribution in [2.75, 3.05) is 18.8 Å². The molecule has 1 unspecified atom stereocenters. The van der Waals surface area contributed by atoms with Gasteiger partial charge < -0.3 is 15.0 Å². The van der Waals surface area contributed by atoms with E-state index >= 15 is 0 Å². The zero-order chi connectivity index (χ0) is 12.0. The predicted octanol–water partition coefficient (Wildman–Crippen LogP) is 0.576. The first-order valence-corrected chi connectivity index (χ1v) is 6.51. The van der Waals surface area contributed by atoms with Gasteiger partial charge in [0.15, 0.2) is 5.16 Å². The molecule has 6 heteroatoms. The Morgan fingerprint density at radius 1 is 1.50 bits per heavy atom. The van der Waals surface area contributed by atoms with Crippen LogP contribution in [0.3, 0.4) is 0 Å². The Hall–Kier alpha value is -0.590. The number of nitrogens with zero attached hydrogens (tertiary/aromatic N) is 3. The van der Waals surface area contributed by atoms with E-state index in [2.05, 4.69) is 22.4 Å². The highest BCUT2D eigenvalue weighted by atomic mass is 32.2. The van der Waals surface area contributed by atoms with Gasteiger partial charge in [-0.15, -0.1) is 10.2 Å². The lowest BCUT2D eigenvalue weighted by Crippen LogP contribution is -2.29. The molecule has 1 heterocycles. The summed E-state index contributed by atoms with van der Waals surface area (Å²) >= 11 is 1.53. The molecule has 0 saturated carbocycles. The first-order valence-electron chi connectivity index (χ1n) is 5.52. The maximum atomic E-state index is 9.69. The number of aromatic nitrogens is 3. The molecule has 16 heavy (non-hydrogen) atoms. The van der Waals surface area contributed by atoms with E-state index in [1.54, 1.807) is 0 Å². The standard InChI is InChI=1S/C10H20N4OS/c1-4-5-11-6-9(15)7-16-10-13-12-8(2)14(10)3/h9,11,15H,4-7H2,1-3H3. The molecule has 0 aliphatic carbocycles. The number of aryl methyl sites for hydroxylation is 1. The fourth-order valence-electron chi connectivity index (χ4n) is 1.19. The number of hydrogen-bond donors (Lipinski definition) is 2. The van der Waals surface area contributed by atoms with Crippen LogP contribution in [0.5, 0.6) is 0 Å². The van der Waals surface area contributed by atoms with Crippen molar-refractivity contribution in [2.45, 2.75) is 31.5 Å². The minimum Gasteiger partial charge on any atom is -0.391 e. The zero-order valence-electron chi connectivity index (χ0n) is 10.1. The summed E-state index contributed by atoms with van der Waals surface area (Å²) in [6, 6.07) is 0. The van der Waals surface area contributed by atoms with Gasteiger partial charge in [-0.25, -0.2) is 0 Å². The molecule has 0 bridgehead atoms. The normalized spacial score (nSPS) is 13.0. The molecule has 0 saturated heterocycles. The summed E-state index contributed by atoms with van der Waals surface area (Å²) in [5.74, 6) is 1.53. The number of thioether (sulfide) groups is 1. The number of aliphatic hydroxyl groups is 1. The van der Waals surface area contributed by atoms with Gasteiger partial charge in [0.05, 0.1) is 6.10 Å². The number of rotatable bonds is 7.